The van der Waals surface area contributed by atoms with E-state index in [0.29, 0.717) is 6.92 Å². The van der Waals surface area contributed by atoms with Crippen LogP contribution in [0.2, 0.25) is 0 Å². The van der Waals surface area contributed by atoms with Crippen LogP contribution in [0.15, 0.2) is 0 Å². The Bertz CT molecular complexity index is 206. The molecule has 4 atom stereocenters. The highest BCUT2D eigenvalue weighted by molar-refractivity contribution is 6.20. The lowest BCUT2D eigenvalue weighted by molar-refractivity contribution is -0.148. The predicted molar refractivity (Wildman–Crippen MR) is 34.7 cm³/mol. The van der Waals surface area contributed by atoms with E-state index in [0.717, 1.165) is 0 Å². The molecule has 1 rings (SSSR count). The van der Waals surface area contributed by atoms with Crippen LogP contribution in [0.1, 0.15) is 6.92 Å². The van der Waals surface area contributed by atoms with E-state index in [1.54, 1.807) is 0 Å². The summed E-state index contributed by atoms with van der Waals surface area (Å²) in [5.41, 5.74) is -6.99. The van der Waals surface area contributed by atoms with Crippen LogP contribution in [0.4, 0.5) is 17.6 Å². The molecule has 0 amide bonds. The Morgan fingerprint density at radius 1 is 1.25 bits per heavy atom. The third-order valence-corrected chi connectivity index (χ3v) is 1.97. The maximum Gasteiger partial charge on any atom is 0.229 e. The van der Waals surface area contributed by atoms with E-state index in [9.17, 15) is 17.6 Å². The average molecular weight is 178 g/mol. The minimum Gasteiger partial charge on any atom is -0.315 e. The SMILES string of the molecule is [B]C1(F)OC(F)C([B])(F)C1(C)F. The third-order valence-electron chi connectivity index (χ3n) is 1.97. The topological polar surface area (TPSA) is 9.23 Å². The minimum absolute atomic E-state index is 0.395. The van der Waals surface area contributed by atoms with Gasteiger partial charge in [-0.25, -0.2) is 17.6 Å². The number of halogens is 4. The van der Waals surface area contributed by atoms with Gasteiger partial charge in [-0.2, -0.15) is 0 Å². The quantitative estimate of drug-likeness (QED) is 0.391. The molecule has 4 unspecified atom stereocenters. The Labute approximate surface area is 69.3 Å². The van der Waals surface area contributed by atoms with Crippen LogP contribution in [0.5, 0.6) is 0 Å². The van der Waals surface area contributed by atoms with Gasteiger partial charge in [-0.15, -0.1) is 0 Å². The standard InChI is InChI=1S/C5H4B2F4O/c1-3(9)4(6,10)2(8)12-5(3,7)11/h2H,1H3. The molecule has 1 saturated heterocycles. The summed E-state index contributed by atoms with van der Waals surface area (Å²) >= 11 is 0. The molecule has 1 heterocycles. The fraction of sp³-hybridized carbons (Fsp3) is 1.00. The second kappa shape index (κ2) is 2.19. The maximum absolute atomic E-state index is 13.1. The second-order valence-electron chi connectivity index (χ2n) is 2.85. The molecule has 0 spiro atoms. The van der Waals surface area contributed by atoms with E-state index in [1.165, 1.54) is 0 Å². The van der Waals surface area contributed by atoms with Crippen LogP contribution >= 0.6 is 0 Å². The number of hydrogen-bond acceptors (Lipinski definition) is 1. The first-order valence-corrected chi connectivity index (χ1v) is 3.09. The molecule has 1 aliphatic rings. The fourth-order valence-electron chi connectivity index (χ4n) is 0.821. The summed E-state index contributed by atoms with van der Waals surface area (Å²) in [6.45, 7) is 0.395. The maximum atomic E-state index is 13.1. The molecule has 1 aliphatic heterocycles. The number of hydrogen-bond donors (Lipinski definition) is 0. The molecule has 0 N–H and O–H groups in total. The Kier molecular flexibility index (Phi) is 1.80. The van der Waals surface area contributed by atoms with E-state index in [4.69, 9.17) is 0 Å². The van der Waals surface area contributed by atoms with Gasteiger partial charge in [0.2, 0.25) is 6.36 Å². The van der Waals surface area contributed by atoms with E-state index in [2.05, 4.69) is 20.4 Å². The van der Waals surface area contributed by atoms with Gasteiger partial charge in [-0.05, 0) is 6.92 Å². The van der Waals surface area contributed by atoms with Gasteiger partial charge in [0.15, 0.2) is 24.8 Å². The minimum atomic E-state index is -3.57. The molecule has 12 heavy (non-hydrogen) atoms. The molecule has 0 aromatic rings. The molecule has 4 radical (unpaired) electrons. The monoisotopic (exact) mass is 178 g/mol. The lowest BCUT2D eigenvalue weighted by atomic mass is 9.66. The fourth-order valence-corrected chi connectivity index (χ4v) is 0.821. The highest BCUT2D eigenvalue weighted by atomic mass is 19.2. The number of ether oxygens (including phenoxy) is 1. The molecule has 1 fully saturated rings. The zero-order valence-corrected chi connectivity index (χ0v) is 6.15. The normalized spacial score (nSPS) is 60.6. The average Bonchev–Trinajstić information content (AvgIpc) is 1.92. The first-order chi connectivity index (χ1) is 5.13. The van der Waals surface area contributed by atoms with E-state index >= 15 is 0 Å². The summed E-state index contributed by atoms with van der Waals surface area (Å²) < 4.78 is 54.6. The lowest BCUT2D eigenvalue weighted by Gasteiger charge is -2.31. The first-order valence-electron chi connectivity index (χ1n) is 3.09. The molecule has 0 bridgehead atoms. The smallest absolute Gasteiger partial charge is 0.229 e. The molecule has 64 valence electrons. The molecular weight excluding hydrogens is 174 g/mol. The van der Waals surface area contributed by atoms with Gasteiger partial charge >= 0.3 is 0 Å². The lowest BCUT2D eigenvalue weighted by Crippen LogP contribution is -2.55. The second-order valence-corrected chi connectivity index (χ2v) is 2.85. The Hall–Kier alpha value is -0.190. The van der Waals surface area contributed by atoms with Crippen molar-refractivity contribution in [2.75, 3.05) is 0 Å². The van der Waals surface area contributed by atoms with Crippen LogP contribution in [0.3, 0.4) is 0 Å². The van der Waals surface area contributed by atoms with E-state index < -0.39 is 23.3 Å². The van der Waals surface area contributed by atoms with Crippen molar-refractivity contribution in [3.05, 3.63) is 0 Å². The summed E-state index contributed by atoms with van der Waals surface area (Å²) in [6.07, 6.45) is -2.91. The molecule has 7 heteroatoms. The first kappa shape index (κ1) is 9.89. The number of rotatable bonds is 0. The molecule has 0 saturated carbocycles. The van der Waals surface area contributed by atoms with Gasteiger partial charge in [0.25, 0.3) is 0 Å². The van der Waals surface area contributed by atoms with Crippen molar-refractivity contribution >= 4 is 15.7 Å². The van der Waals surface area contributed by atoms with Gasteiger partial charge in [0.1, 0.15) is 7.85 Å². The van der Waals surface area contributed by atoms with Crippen molar-refractivity contribution in [3.8, 4) is 0 Å². The van der Waals surface area contributed by atoms with Crippen LogP contribution in [0.25, 0.3) is 0 Å². The molecule has 0 aromatic carbocycles. The van der Waals surface area contributed by atoms with Crippen molar-refractivity contribution < 1.29 is 22.3 Å². The van der Waals surface area contributed by atoms with Gasteiger partial charge in [-0.3, -0.25) is 0 Å². The summed E-state index contributed by atoms with van der Waals surface area (Å²) in [5.74, 6) is -3.55. The zero-order valence-electron chi connectivity index (χ0n) is 6.15. The Morgan fingerprint density at radius 3 is 1.75 bits per heavy atom. The summed E-state index contributed by atoms with van der Waals surface area (Å²) in [7, 11) is 9.01. The van der Waals surface area contributed by atoms with Crippen molar-refractivity contribution in [1.82, 2.24) is 0 Å². The molecule has 0 aliphatic carbocycles. The molecule has 1 nitrogen and oxygen atoms in total. The summed E-state index contributed by atoms with van der Waals surface area (Å²) in [4.78, 5) is 0. The Morgan fingerprint density at radius 2 is 1.67 bits per heavy atom. The largest absolute Gasteiger partial charge is 0.315 e. The summed E-state index contributed by atoms with van der Waals surface area (Å²) in [6, 6.07) is 0. The third kappa shape index (κ3) is 0.917. The van der Waals surface area contributed by atoms with E-state index in [1.807, 2.05) is 0 Å². The van der Waals surface area contributed by atoms with Crippen LogP contribution in [0, 0.1) is 0 Å². The van der Waals surface area contributed by atoms with Crippen molar-refractivity contribution in [1.29, 1.82) is 0 Å². The molecule has 0 aromatic heterocycles. The molecular formula is C5H4B2F4O. The van der Waals surface area contributed by atoms with Gasteiger partial charge in [0, 0.05) is 0 Å². The van der Waals surface area contributed by atoms with Crippen LogP contribution < -0.4 is 0 Å². The van der Waals surface area contributed by atoms with Crippen molar-refractivity contribution in [3.63, 3.8) is 0 Å². The van der Waals surface area contributed by atoms with E-state index in [-0.39, 0.29) is 0 Å². The van der Waals surface area contributed by atoms with Crippen molar-refractivity contribution in [2.45, 2.75) is 30.3 Å². The Balaban J connectivity index is 3.10. The summed E-state index contributed by atoms with van der Waals surface area (Å²) in [5, 5.41) is 0. The van der Waals surface area contributed by atoms with Gasteiger partial charge < -0.3 is 4.74 Å². The van der Waals surface area contributed by atoms with Crippen LogP contribution in [-0.4, -0.2) is 39.0 Å². The highest BCUT2D eigenvalue weighted by Crippen LogP contribution is 2.49. The van der Waals surface area contributed by atoms with Crippen molar-refractivity contribution in [2.24, 2.45) is 0 Å². The van der Waals surface area contributed by atoms with Gasteiger partial charge in [-0.1, -0.05) is 0 Å². The highest BCUT2D eigenvalue weighted by Gasteiger charge is 2.70. The number of alkyl halides is 4. The van der Waals surface area contributed by atoms with Crippen LogP contribution in [-0.2, 0) is 4.74 Å². The van der Waals surface area contributed by atoms with Gasteiger partial charge in [0.05, 0.1) is 0 Å². The zero-order chi connectivity index (χ0) is 9.78. The predicted octanol–water partition coefficient (Wildman–Crippen LogP) is 0.666.